The molecule has 0 atom stereocenters. The second kappa shape index (κ2) is 9.93. The highest BCUT2D eigenvalue weighted by Gasteiger charge is 2.17. The Morgan fingerprint density at radius 3 is 2.58 bits per heavy atom. The van der Waals surface area contributed by atoms with Gasteiger partial charge in [0.15, 0.2) is 0 Å². The van der Waals surface area contributed by atoms with Gasteiger partial charge in [-0.1, -0.05) is 29.8 Å². The molecular weight excluding hydrogens is 494 g/mol. The van der Waals surface area contributed by atoms with Gasteiger partial charge in [0.05, 0.1) is 10.4 Å². The maximum absolute atomic E-state index is 12.8. The number of likely N-dealkylation sites (N-methyl/N-ethyl adjacent to an activating group) is 1. The fourth-order valence-electron chi connectivity index (χ4n) is 4.44. The summed E-state index contributed by atoms with van der Waals surface area (Å²) in [6.07, 6.45) is 2.62. The lowest BCUT2D eigenvalue weighted by Crippen LogP contribution is -2.21. The van der Waals surface area contributed by atoms with E-state index in [-0.39, 0.29) is 4.90 Å². The standard InChI is InChI=1S/C28H26ClN3O3S/c1-19-24(14-16-32(2)18-20-13-15-30-27-6-4-3-5-25(20)27)26-17-22(9-12-28(26)35-19)31-36(33,34)23-10-7-21(29)8-11-23/h3-13,15,17,31H,14,16,18H2,1-2H3. The van der Waals surface area contributed by atoms with Crippen molar-refractivity contribution in [2.24, 2.45) is 0 Å². The number of hydrogen-bond acceptors (Lipinski definition) is 5. The Morgan fingerprint density at radius 2 is 1.78 bits per heavy atom. The van der Waals surface area contributed by atoms with E-state index in [0.717, 1.165) is 52.7 Å². The van der Waals surface area contributed by atoms with Crippen molar-refractivity contribution in [3.63, 3.8) is 0 Å². The van der Waals surface area contributed by atoms with Crippen LogP contribution in [0.25, 0.3) is 21.9 Å². The molecule has 0 bridgehead atoms. The molecule has 0 unspecified atom stereocenters. The van der Waals surface area contributed by atoms with Crippen LogP contribution in [0, 0.1) is 6.92 Å². The fourth-order valence-corrected chi connectivity index (χ4v) is 5.61. The summed E-state index contributed by atoms with van der Waals surface area (Å²) in [5.41, 5.74) is 4.52. The quantitative estimate of drug-likeness (QED) is 0.256. The number of fused-ring (bicyclic) bond motifs is 2. The third kappa shape index (κ3) is 5.09. The third-order valence-electron chi connectivity index (χ3n) is 6.29. The molecule has 5 rings (SSSR count). The molecule has 0 fully saturated rings. The second-order valence-corrected chi connectivity index (χ2v) is 11.0. The van der Waals surface area contributed by atoms with E-state index in [9.17, 15) is 8.42 Å². The molecule has 8 heteroatoms. The minimum absolute atomic E-state index is 0.154. The van der Waals surface area contributed by atoms with Crippen molar-refractivity contribution < 1.29 is 12.8 Å². The number of hydrogen-bond donors (Lipinski definition) is 1. The van der Waals surface area contributed by atoms with Crippen LogP contribution in [-0.2, 0) is 23.0 Å². The minimum Gasteiger partial charge on any atom is -0.461 e. The number of para-hydroxylation sites is 1. The molecule has 0 saturated carbocycles. The summed E-state index contributed by atoms with van der Waals surface area (Å²) in [4.78, 5) is 6.88. The van der Waals surface area contributed by atoms with Gasteiger partial charge in [0.25, 0.3) is 10.0 Å². The highest BCUT2D eigenvalue weighted by Crippen LogP contribution is 2.30. The summed E-state index contributed by atoms with van der Waals surface area (Å²) in [5.74, 6) is 0.838. The lowest BCUT2D eigenvalue weighted by atomic mass is 10.1. The monoisotopic (exact) mass is 519 g/mol. The number of aromatic nitrogens is 1. The first-order valence-corrected chi connectivity index (χ1v) is 13.5. The normalized spacial score (nSPS) is 12.0. The number of rotatable bonds is 8. The number of nitrogens with one attached hydrogen (secondary N) is 1. The molecular formula is C28H26ClN3O3S. The van der Waals surface area contributed by atoms with Gasteiger partial charge in [0, 0.05) is 46.3 Å². The van der Waals surface area contributed by atoms with Crippen molar-refractivity contribution >= 4 is 49.2 Å². The van der Waals surface area contributed by atoms with Gasteiger partial charge in [-0.3, -0.25) is 9.71 Å². The number of nitrogens with zero attached hydrogens (tertiary/aromatic N) is 2. The summed E-state index contributed by atoms with van der Waals surface area (Å²) in [7, 11) is -1.64. The van der Waals surface area contributed by atoms with E-state index < -0.39 is 10.0 Å². The van der Waals surface area contributed by atoms with Gasteiger partial charge in [-0.2, -0.15) is 0 Å². The number of halogens is 1. The maximum Gasteiger partial charge on any atom is 0.261 e. The molecule has 6 nitrogen and oxygen atoms in total. The second-order valence-electron chi connectivity index (χ2n) is 8.88. The Hall–Kier alpha value is -3.39. The van der Waals surface area contributed by atoms with Gasteiger partial charge >= 0.3 is 0 Å². The molecule has 2 heterocycles. The van der Waals surface area contributed by atoms with Crippen LogP contribution < -0.4 is 4.72 Å². The van der Waals surface area contributed by atoms with E-state index in [1.165, 1.54) is 17.7 Å². The van der Waals surface area contributed by atoms with Crippen LogP contribution >= 0.6 is 11.6 Å². The van der Waals surface area contributed by atoms with Gasteiger partial charge in [-0.05, 0) is 80.6 Å². The zero-order chi connectivity index (χ0) is 25.3. The highest BCUT2D eigenvalue weighted by atomic mass is 35.5. The first kappa shape index (κ1) is 24.3. The van der Waals surface area contributed by atoms with E-state index in [4.69, 9.17) is 16.0 Å². The molecule has 184 valence electrons. The smallest absolute Gasteiger partial charge is 0.261 e. The molecule has 0 aliphatic rings. The zero-order valence-electron chi connectivity index (χ0n) is 20.0. The Labute approximate surface area is 215 Å². The zero-order valence-corrected chi connectivity index (χ0v) is 21.6. The van der Waals surface area contributed by atoms with Gasteiger partial charge in [0.2, 0.25) is 0 Å². The Bertz CT molecular complexity index is 1640. The Morgan fingerprint density at radius 1 is 1.00 bits per heavy atom. The first-order chi connectivity index (χ1) is 17.3. The van der Waals surface area contributed by atoms with E-state index in [2.05, 4.69) is 33.8 Å². The van der Waals surface area contributed by atoms with Gasteiger partial charge in [-0.25, -0.2) is 8.42 Å². The van der Waals surface area contributed by atoms with E-state index in [0.29, 0.717) is 10.7 Å². The van der Waals surface area contributed by atoms with E-state index >= 15 is 0 Å². The van der Waals surface area contributed by atoms with Crippen molar-refractivity contribution in [1.82, 2.24) is 9.88 Å². The summed E-state index contributed by atoms with van der Waals surface area (Å²) in [6, 6.07) is 21.7. The van der Waals surface area contributed by atoms with Crippen LogP contribution in [0.15, 0.2) is 88.3 Å². The highest BCUT2D eigenvalue weighted by molar-refractivity contribution is 7.92. The predicted octanol–water partition coefficient (Wildman–Crippen LogP) is 6.42. The SMILES string of the molecule is Cc1oc2ccc(NS(=O)(=O)c3ccc(Cl)cc3)cc2c1CCN(C)Cc1ccnc2ccccc12. The predicted molar refractivity (Wildman–Crippen MR) is 145 cm³/mol. The molecule has 2 aromatic heterocycles. The van der Waals surface area contributed by atoms with Crippen LogP contribution in [0.1, 0.15) is 16.9 Å². The number of aryl methyl sites for hydroxylation is 1. The molecule has 5 aromatic rings. The van der Waals surface area contributed by atoms with Crippen LogP contribution in [0.3, 0.4) is 0 Å². The van der Waals surface area contributed by atoms with Crippen LogP contribution in [0.4, 0.5) is 5.69 Å². The lowest BCUT2D eigenvalue weighted by Gasteiger charge is -2.18. The third-order valence-corrected chi connectivity index (χ3v) is 7.94. The number of anilines is 1. The number of furan rings is 1. The molecule has 36 heavy (non-hydrogen) atoms. The van der Waals surface area contributed by atoms with E-state index in [1.54, 1.807) is 24.3 Å². The molecule has 1 N–H and O–H groups in total. The fraction of sp³-hybridized carbons (Fsp3) is 0.179. The van der Waals surface area contributed by atoms with Crippen LogP contribution in [0.2, 0.25) is 5.02 Å². The van der Waals surface area contributed by atoms with Crippen molar-refractivity contribution in [2.45, 2.75) is 24.8 Å². The Balaban J connectivity index is 1.34. The van der Waals surface area contributed by atoms with E-state index in [1.807, 2.05) is 37.4 Å². The minimum atomic E-state index is -3.74. The van der Waals surface area contributed by atoms with Gasteiger partial charge in [0.1, 0.15) is 11.3 Å². The molecule has 0 aliphatic carbocycles. The summed E-state index contributed by atoms with van der Waals surface area (Å²) >= 11 is 5.90. The van der Waals surface area contributed by atoms with Crippen molar-refractivity contribution in [3.05, 3.63) is 101 Å². The lowest BCUT2D eigenvalue weighted by molar-refractivity contribution is 0.332. The molecule has 3 aromatic carbocycles. The summed E-state index contributed by atoms with van der Waals surface area (Å²) in [6.45, 7) is 3.56. The topological polar surface area (TPSA) is 75.4 Å². The summed E-state index contributed by atoms with van der Waals surface area (Å²) in [5, 5.41) is 2.55. The molecule has 0 aliphatic heterocycles. The maximum atomic E-state index is 12.8. The first-order valence-electron chi connectivity index (χ1n) is 11.6. The number of sulfonamides is 1. The largest absolute Gasteiger partial charge is 0.461 e. The van der Waals surface area contributed by atoms with Gasteiger partial charge < -0.3 is 9.32 Å². The van der Waals surface area contributed by atoms with Crippen molar-refractivity contribution in [3.8, 4) is 0 Å². The average Bonchev–Trinajstić information content (AvgIpc) is 3.17. The summed E-state index contributed by atoms with van der Waals surface area (Å²) < 4.78 is 34.3. The Kier molecular flexibility index (Phi) is 6.71. The van der Waals surface area contributed by atoms with Gasteiger partial charge in [-0.15, -0.1) is 0 Å². The van der Waals surface area contributed by atoms with Crippen LogP contribution in [0.5, 0.6) is 0 Å². The molecule has 0 amide bonds. The number of pyridine rings is 1. The molecule has 0 saturated heterocycles. The number of benzene rings is 3. The average molecular weight is 520 g/mol. The molecule has 0 spiro atoms. The van der Waals surface area contributed by atoms with Crippen LogP contribution in [-0.4, -0.2) is 31.9 Å². The molecule has 0 radical (unpaired) electrons. The van der Waals surface area contributed by atoms with Crippen molar-refractivity contribution in [2.75, 3.05) is 18.3 Å². The van der Waals surface area contributed by atoms with Crippen molar-refractivity contribution in [1.29, 1.82) is 0 Å².